The minimum Gasteiger partial charge on any atom is -0.496 e. The number of hydroxylamine groups is 4. The van der Waals surface area contributed by atoms with Crippen LogP contribution in [0.2, 0.25) is 0 Å². The summed E-state index contributed by atoms with van der Waals surface area (Å²) in [5.41, 5.74) is 0. The van der Waals surface area contributed by atoms with Crippen molar-refractivity contribution in [1.82, 2.24) is 10.1 Å². The van der Waals surface area contributed by atoms with Crippen molar-refractivity contribution in [2.75, 3.05) is 42.7 Å². The van der Waals surface area contributed by atoms with Crippen molar-refractivity contribution < 1.29 is 73.0 Å². The number of hydrogen-bond acceptors (Lipinski definition) is 16. The Kier molecular flexibility index (Phi) is 8.26. The van der Waals surface area contributed by atoms with Gasteiger partial charge in [-0.1, -0.05) is 0 Å². The number of imide groups is 2. The zero-order chi connectivity index (χ0) is 33.9. The Balaban J connectivity index is 1.41. The lowest BCUT2D eigenvalue weighted by Crippen LogP contribution is -2.50. The number of hydrogen-bond donors (Lipinski definition) is 0. The van der Waals surface area contributed by atoms with Crippen LogP contribution in [0.1, 0.15) is 0 Å². The van der Waals surface area contributed by atoms with Crippen LogP contribution in [0.3, 0.4) is 0 Å². The zero-order valence-electron chi connectivity index (χ0n) is 24.9. The van der Waals surface area contributed by atoms with Gasteiger partial charge in [0.25, 0.3) is 23.6 Å². The van der Waals surface area contributed by atoms with Crippen LogP contribution in [0.25, 0.3) is 0 Å². The molecular formula is C26H26N2O16S2. The first-order valence-corrected chi connectivity index (χ1v) is 15.8. The molecule has 5 rings (SSSR count). The first-order valence-electron chi connectivity index (χ1n) is 13.0. The second-order valence-electron chi connectivity index (χ2n) is 9.82. The summed E-state index contributed by atoms with van der Waals surface area (Å²) in [5.74, 6) is -12.1. The average molecular weight is 687 g/mol. The van der Waals surface area contributed by atoms with Crippen LogP contribution in [-0.2, 0) is 48.0 Å². The molecule has 2 saturated heterocycles. The van der Waals surface area contributed by atoms with Gasteiger partial charge in [-0.3, -0.25) is 19.2 Å². The third-order valence-corrected chi connectivity index (χ3v) is 10.2. The van der Waals surface area contributed by atoms with Crippen LogP contribution < -0.4 is 28.4 Å². The van der Waals surface area contributed by atoms with E-state index in [2.05, 4.69) is 0 Å². The SMILES string of the molecule is COc1cc(OC)c(S(=O)(=O)ON2C(=O)C3C(C2=O)C2C(=O)N(OS(=O)(=O)c4c(OC)cc(OC)cc4OC)C(=O)C32)c(OC)c1. The summed E-state index contributed by atoms with van der Waals surface area (Å²) in [6.07, 6.45) is 0. The molecule has 0 spiro atoms. The summed E-state index contributed by atoms with van der Waals surface area (Å²) in [7, 11) is -2.82. The summed E-state index contributed by atoms with van der Waals surface area (Å²) in [6, 6.07) is 4.77. The number of benzene rings is 2. The number of methoxy groups -OCH3 is 6. The fourth-order valence-electron chi connectivity index (χ4n) is 5.59. The highest BCUT2D eigenvalue weighted by Gasteiger charge is 2.75. The van der Waals surface area contributed by atoms with Gasteiger partial charge in [0.1, 0.15) is 34.5 Å². The maximum absolute atomic E-state index is 13.3. The van der Waals surface area contributed by atoms with Crippen LogP contribution in [0.4, 0.5) is 0 Å². The molecule has 2 aromatic rings. The third kappa shape index (κ3) is 4.84. The molecule has 2 aromatic carbocycles. The number of nitrogens with zero attached hydrogens (tertiary/aromatic N) is 2. The fourth-order valence-corrected chi connectivity index (χ4v) is 7.98. The highest BCUT2D eigenvalue weighted by Crippen LogP contribution is 2.57. The van der Waals surface area contributed by atoms with Gasteiger partial charge in [-0.05, 0) is 0 Å². The molecule has 0 N–H and O–H groups in total. The van der Waals surface area contributed by atoms with Crippen LogP contribution in [0.15, 0.2) is 34.1 Å². The predicted octanol–water partition coefficient (Wildman–Crippen LogP) is -0.105. The molecule has 3 fully saturated rings. The molecule has 46 heavy (non-hydrogen) atoms. The van der Waals surface area contributed by atoms with E-state index >= 15 is 0 Å². The average Bonchev–Trinajstić information content (AvgIpc) is 3.33. The molecule has 0 aromatic heterocycles. The number of carbonyl (C=O) groups is 4. The standard InChI is InChI=1S/C26H26N2O16S2/c1-37-11-7-13(39-3)21(14(8-11)40-4)45(33,34)43-27-23(29)17-18(24(27)30)20-19(17)25(31)28(26(20)32)44-46(35,36)22-15(41-5)9-12(38-2)10-16(22)42-6/h7-10,17-20H,1-6H3. The zero-order valence-corrected chi connectivity index (χ0v) is 26.5. The molecule has 4 amide bonds. The van der Waals surface area contributed by atoms with Gasteiger partial charge in [-0.25, -0.2) is 0 Å². The monoisotopic (exact) mass is 686 g/mol. The Morgan fingerprint density at radius 1 is 0.457 bits per heavy atom. The van der Waals surface area contributed by atoms with E-state index in [0.717, 1.165) is 28.4 Å². The fraction of sp³-hybridized carbons (Fsp3) is 0.385. The summed E-state index contributed by atoms with van der Waals surface area (Å²) < 4.78 is 93.7. The molecule has 2 heterocycles. The lowest BCUT2D eigenvalue weighted by Gasteiger charge is -2.35. The Bertz CT molecular complexity index is 1640. The maximum atomic E-state index is 13.3. The summed E-state index contributed by atoms with van der Waals surface area (Å²) in [4.78, 5) is 51.8. The van der Waals surface area contributed by atoms with Crippen molar-refractivity contribution >= 4 is 43.9 Å². The lowest BCUT2D eigenvalue weighted by molar-refractivity contribution is -0.169. The second-order valence-corrected chi connectivity index (χ2v) is 12.8. The predicted molar refractivity (Wildman–Crippen MR) is 146 cm³/mol. The molecule has 0 atom stereocenters. The molecule has 2 aliphatic heterocycles. The van der Waals surface area contributed by atoms with Crippen molar-refractivity contribution in [1.29, 1.82) is 0 Å². The van der Waals surface area contributed by atoms with E-state index in [1.54, 1.807) is 0 Å². The minimum atomic E-state index is -5.01. The van der Waals surface area contributed by atoms with Gasteiger partial charge in [0.05, 0.1) is 66.3 Å². The third-order valence-electron chi connectivity index (χ3n) is 7.67. The first kappa shape index (κ1) is 32.7. The van der Waals surface area contributed by atoms with Gasteiger partial charge >= 0.3 is 20.2 Å². The second kappa shape index (κ2) is 11.6. The number of fused-ring (bicyclic) bond motifs is 4. The van der Waals surface area contributed by atoms with Crippen molar-refractivity contribution in [2.45, 2.75) is 9.79 Å². The Hall–Kier alpha value is -4.66. The summed E-state index contributed by atoms with van der Waals surface area (Å²) in [5, 5.41) is -0.108. The molecule has 1 saturated carbocycles. The van der Waals surface area contributed by atoms with E-state index in [1.165, 1.54) is 38.5 Å². The van der Waals surface area contributed by atoms with Gasteiger partial charge in [-0.2, -0.15) is 16.8 Å². The molecule has 0 radical (unpaired) electrons. The molecule has 18 nitrogen and oxygen atoms in total. The van der Waals surface area contributed by atoms with Gasteiger partial charge in [0, 0.05) is 24.3 Å². The Morgan fingerprint density at radius 2 is 0.696 bits per heavy atom. The van der Waals surface area contributed by atoms with Gasteiger partial charge in [-0.15, -0.1) is 18.7 Å². The number of rotatable bonds is 12. The smallest absolute Gasteiger partial charge is 0.325 e. The van der Waals surface area contributed by atoms with E-state index in [4.69, 9.17) is 37.0 Å². The van der Waals surface area contributed by atoms with E-state index in [9.17, 15) is 36.0 Å². The van der Waals surface area contributed by atoms with Crippen molar-refractivity contribution in [3.8, 4) is 34.5 Å². The Morgan fingerprint density at radius 3 is 0.891 bits per heavy atom. The van der Waals surface area contributed by atoms with Crippen LogP contribution in [0.5, 0.6) is 34.5 Å². The highest BCUT2D eigenvalue weighted by molar-refractivity contribution is 7.87. The van der Waals surface area contributed by atoms with Crippen LogP contribution in [0, 0.1) is 23.7 Å². The molecule has 3 aliphatic rings. The first-order chi connectivity index (χ1) is 21.7. The molecular weight excluding hydrogens is 660 g/mol. The van der Waals surface area contributed by atoms with Gasteiger partial charge in [0.15, 0.2) is 9.79 Å². The molecule has 0 unspecified atom stereocenters. The topological polar surface area (TPSA) is 217 Å². The van der Waals surface area contributed by atoms with Crippen LogP contribution >= 0.6 is 0 Å². The van der Waals surface area contributed by atoms with E-state index in [0.29, 0.717) is 0 Å². The van der Waals surface area contributed by atoms with E-state index < -0.39 is 77.3 Å². The van der Waals surface area contributed by atoms with Crippen molar-refractivity contribution in [2.24, 2.45) is 23.7 Å². The lowest BCUT2D eigenvalue weighted by atomic mass is 9.59. The van der Waals surface area contributed by atoms with E-state index in [1.807, 2.05) is 0 Å². The molecule has 0 bridgehead atoms. The van der Waals surface area contributed by atoms with Gasteiger partial charge < -0.3 is 28.4 Å². The largest absolute Gasteiger partial charge is 0.496 e. The number of ether oxygens (including phenoxy) is 6. The number of amides is 4. The van der Waals surface area contributed by atoms with Crippen molar-refractivity contribution in [3.05, 3.63) is 24.3 Å². The minimum absolute atomic E-state index is 0.0539. The molecule has 20 heteroatoms. The highest BCUT2D eigenvalue weighted by atomic mass is 32.2. The Labute approximate surface area is 261 Å². The van der Waals surface area contributed by atoms with Crippen LogP contribution in [-0.4, -0.2) is 93.2 Å². The summed E-state index contributed by atoms with van der Waals surface area (Å²) >= 11 is 0. The normalized spacial score (nSPS) is 22.3. The maximum Gasteiger partial charge on any atom is 0.325 e. The summed E-state index contributed by atoms with van der Waals surface area (Å²) in [6.45, 7) is 0. The molecule has 1 aliphatic carbocycles. The van der Waals surface area contributed by atoms with Crippen molar-refractivity contribution in [3.63, 3.8) is 0 Å². The number of carbonyl (C=O) groups excluding carboxylic acids is 4. The quantitative estimate of drug-likeness (QED) is 0.266. The van der Waals surface area contributed by atoms with Gasteiger partial charge in [0.2, 0.25) is 0 Å². The molecule has 248 valence electrons. The van der Waals surface area contributed by atoms with E-state index in [-0.39, 0.29) is 44.6 Å².